The zero-order valence-electron chi connectivity index (χ0n) is 9.73. The van der Waals surface area contributed by atoms with E-state index in [9.17, 15) is 4.79 Å². The molecule has 0 aliphatic heterocycles. The SMILES string of the molecule is Nc1cc(-c2ccc(Cl)c(Cl)c2)cnc1CC(=O)O. The lowest BCUT2D eigenvalue weighted by atomic mass is 10.1. The number of nitrogen functional groups attached to an aromatic ring is 1. The molecule has 1 aromatic carbocycles. The first-order valence-corrected chi connectivity index (χ1v) is 6.14. The fourth-order valence-electron chi connectivity index (χ4n) is 1.63. The van der Waals surface area contributed by atoms with Crippen molar-refractivity contribution in [1.82, 2.24) is 4.98 Å². The van der Waals surface area contributed by atoms with Crippen molar-refractivity contribution >= 4 is 34.9 Å². The second kappa shape index (κ2) is 5.47. The quantitative estimate of drug-likeness (QED) is 0.911. The van der Waals surface area contributed by atoms with E-state index < -0.39 is 5.97 Å². The van der Waals surface area contributed by atoms with Crippen molar-refractivity contribution in [3.05, 3.63) is 46.2 Å². The summed E-state index contributed by atoms with van der Waals surface area (Å²) in [6, 6.07) is 6.85. The highest BCUT2D eigenvalue weighted by Crippen LogP contribution is 2.29. The molecule has 0 bridgehead atoms. The molecule has 0 aliphatic carbocycles. The summed E-state index contributed by atoms with van der Waals surface area (Å²) in [5, 5.41) is 9.62. The Bertz CT molecular complexity index is 645. The van der Waals surface area contributed by atoms with E-state index in [1.807, 2.05) is 0 Å². The number of hydrogen-bond donors (Lipinski definition) is 2. The van der Waals surface area contributed by atoms with Crippen molar-refractivity contribution in [2.45, 2.75) is 6.42 Å². The van der Waals surface area contributed by atoms with Crippen LogP contribution in [-0.2, 0) is 11.2 Å². The molecule has 0 amide bonds. The highest BCUT2D eigenvalue weighted by Gasteiger charge is 2.09. The Kier molecular flexibility index (Phi) is 3.93. The van der Waals surface area contributed by atoms with E-state index in [1.54, 1.807) is 30.5 Å². The number of carboxylic acid groups (broad SMARTS) is 1. The van der Waals surface area contributed by atoms with E-state index >= 15 is 0 Å². The molecular weight excluding hydrogens is 287 g/mol. The van der Waals surface area contributed by atoms with Gasteiger partial charge in [0, 0.05) is 11.8 Å². The summed E-state index contributed by atoms with van der Waals surface area (Å²) in [5.41, 5.74) is 8.04. The Hall–Kier alpha value is -1.78. The highest BCUT2D eigenvalue weighted by atomic mass is 35.5. The molecule has 98 valence electrons. The molecule has 0 spiro atoms. The third kappa shape index (κ3) is 3.16. The molecule has 0 fully saturated rings. The van der Waals surface area contributed by atoms with Crippen LogP contribution in [0.1, 0.15) is 5.69 Å². The van der Waals surface area contributed by atoms with Gasteiger partial charge in [-0.05, 0) is 23.8 Å². The van der Waals surface area contributed by atoms with Crippen LogP contribution in [0.25, 0.3) is 11.1 Å². The third-order valence-corrected chi connectivity index (χ3v) is 3.31. The maximum atomic E-state index is 10.6. The summed E-state index contributed by atoms with van der Waals surface area (Å²) in [4.78, 5) is 14.7. The lowest BCUT2D eigenvalue weighted by molar-refractivity contribution is -0.136. The number of aromatic nitrogens is 1. The minimum atomic E-state index is -0.971. The smallest absolute Gasteiger partial charge is 0.309 e. The number of pyridine rings is 1. The molecule has 3 N–H and O–H groups in total. The van der Waals surface area contributed by atoms with Gasteiger partial charge in [0.05, 0.1) is 27.8 Å². The molecule has 1 aromatic heterocycles. The maximum Gasteiger partial charge on any atom is 0.309 e. The number of benzene rings is 1. The van der Waals surface area contributed by atoms with Gasteiger partial charge in [-0.3, -0.25) is 9.78 Å². The normalized spacial score (nSPS) is 10.4. The first-order chi connectivity index (χ1) is 8.97. The van der Waals surface area contributed by atoms with Gasteiger partial charge in [-0.2, -0.15) is 0 Å². The number of aliphatic carboxylic acids is 1. The lowest BCUT2D eigenvalue weighted by Gasteiger charge is -2.07. The molecule has 19 heavy (non-hydrogen) atoms. The van der Waals surface area contributed by atoms with Crippen molar-refractivity contribution in [1.29, 1.82) is 0 Å². The number of carbonyl (C=O) groups is 1. The van der Waals surface area contributed by atoms with Crippen molar-refractivity contribution in [2.24, 2.45) is 0 Å². The molecule has 1 heterocycles. The van der Waals surface area contributed by atoms with Gasteiger partial charge in [0.25, 0.3) is 0 Å². The minimum Gasteiger partial charge on any atom is -0.481 e. The van der Waals surface area contributed by atoms with E-state index in [0.717, 1.165) is 11.1 Å². The van der Waals surface area contributed by atoms with E-state index in [0.29, 0.717) is 21.4 Å². The van der Waals surface area contributed by atoms with Gasteiger partial charge in [0.1, 0.15) is 0 Å². The monoisotopic (exact) mass is 296 g/mol. The van der Waals surface area contributed by atoms with Crippen LogP contribution in [0.15, 0.2) is 30.5 Å². The van der Waals surface area contributed by atoms with Gasteiger partial charge >= 0.3 is 5.97 Å². The van der Waals surface area contributed by atoms with Crippen LogP contribution < -0.4 is 5.73 Å². The first-order valence-electron chi connectivity index (χ1n) is 5.39. The number of carboxylic acids is 1. The van der Waals surface area contributed by atoms with Crippen LogP contribution in [0.2, 0.25) is 10.0 Å². The van der Waals surface area contributed by atoms with Gasteiger partial charge in [-0.25, -0.2) is 0 Å². The maximum absolute atomic E-state index is 10.6. The van der Waals surface area contributed by atoms with E-state index in [4.69, 9.17) is 34.0 Å². The van der Waals surface area contributed by atoms with Crippen LogP contribution in [0.4, 0.5) is 5.69 Å². The van der Waals surface area contributed by atoms with E-state index in [-0.39, 0.29) is 6.42 Å². The summed E-state index contributed by atoms with van der Waals surface area (Å²) in [6.45, 7) is 0. The summed E-state index contributed by atoms with van der Waals surface area (Å²) in [6.07, 6.45) is 1.36. The minimum absolute atomic E-state index is 0.201. The Balaban J connectivity index is 2.38. The number of anilines is 1. The predicted molar refractivity (Wildman–Crippen MR) is 75.4 cm³/mol. The summed E-state index contributed by atoms with van der Waals surface area (Å²) in [5.74, 6) is -0.971. The average molecular weight is 297 g/mol. The van der Waals surface area contributed by atoms with Gasteiger partial charge in [-0.15, -0.1) is 0 Å². The van der Waals surface area contributed by atoms with E-state index in [1.165, 1.54) is 0 Å². The molecule has 4 nitrogen and oxygen atoms in total. The molecule has 2 rings (SSSR count). The molecule has 6 heteroatoms. The number of halogens is 2. The summed E-state index contributed by atoms with van der Waals surface area (Å²) < 4.78 is 0. The zero-order chi connectivity index (χ0) is 14.0. The van der Waals surface area contributed by atoms with Crippen LogP contribution in [0.3, 0.4) is 0 Å². The van der Waals surface area contributed by atoms with Crippen LogP contribution >= 0.6 is 23.2 Å². The second-order valence-corrected chi connectivity index (χ2v) is 4.77. The Morgan fingerprint density at radius 3 is 2.53 bits per heavy atom. The molecule has 0 saturated carbocycles. The molecule has 0 unspecified atom stereocenters. The number of nitrogens with two attached hydrogens (primary N) is 1. The average Bonchev–Trinajstić information content (AvgIpc) is 2.35. The fraction of sp³-hybridized carbons (Fsp3) is 0.0769. The van der Waals surface area contributed by atoms with Crippen LogP contribution in [0.5, 0.6) is 0 Å². The predicted octanol–water partition coefficient (Wildman–Crippen LogP) is 3.26. The molecular formula is C13H10Cl2N2O2. The van der Waals surface area contributed by atoms with Crippen molar-refractivity contribution in [3.8, 4) is 11.1 Å². The number of nitrogens with zero attached hydrogens (tertiary/aromatic N) is 1. The topological polar surface area (TPSA) is 76.2 Å². The Labute approximate surface area is 119 Å². The van der Waals surface area contributed by atoms with Crippen molar-refractivity contribution in [2.75, 3.05) is 5.73 Å². The third-order valence-electron chi connectivity index (χ3n) is 2.58. The number of hydrogen-bond acceptors (Lipinski definition) is 3. The largest absolute Gasteiger partial charge is 0.481 e. The second-order valence-electron chi connectivity index (χ2n) is 3.96. The first kappa shape index (κ1) is 13.6. The Morgan fingerprint density at radius 2 is 1.95 bits per heavy atom. The lowest BCUT2D eigenvalue weighted by Crippen LogP contribution is -2.06. The molecule has 0 aliphatic rings. The standard InChI is InChI=1S/C13H10Cl2N2O2/c14-9-2-1-7(3-10(9)15)8-4-11(16)12(17-6-8)5-13(18)19/h1-4,6H,5,16H2,(H,18,19). The Morgan fingerprint density at radius 1 is 1.21 bits per heavy atom. The van der Waals surface area contributed by atoms with Gasteiger partial charge in [-0.1, -0.05) is 29.3 Å². The number of rotatable bonds is 3. The van der Waals surface area contributed by atoms with Crippen molar-refractivity contribution in [3.63, 3.8) is 0 Å². The van der Waals surface area contributed by atoms with Crippen LogP contribution in [-0.4, -0.2) is 16.1 Å². The van der Waals surface area contributed by atoms with Crippen LogP contribution in [0, 0.1) is 0 Å². The van der Waals surface area contributed by atoms with E-state index in [2.05, 4.69) is 4.98 Å². The highest BCUT2D eigenvalue weighted by molar-refractivity contribution is 6.42. The molecule has 2 aromatic rings. The summed E-state index contributed by atoms with van der Waals surface area (Å²) >= 11 is 11.8. The van der Waals surface area contributed by atoms with Gasteiger partial charge in [0.15, 0.2) is 0 Å². The summed E-state index contributed by atoms with van der Waals surface area (Å²) in [7, 11) is 0. The fourth-order valence-corrected chi connectivity index (χ4v) is 1.93. The molecule has 0 saturated heterocycles. The van der Waals surface area contributed by atoms with Gasteiger partial charge < -0.3 is 10.8 Å². The van der Waals surface area contributed by atoms with Crippen molar-refractivity contribution < 1.29 is 9.90 Å². The molecule has 0 atom stereocenters. The zero-order valence-corrected chi connectivity index (χ0v) is 11.2. The molecule has 0 radical (unpaired) electrons. The van der Waals surface area contributed by atoms with Gasteiger partial charge in [0.2, 0.25) is 0 Å².